The van der Waals surface area contributed by atoms with Gasteiger partial charge in [0.2, 0.25) is 0 Å². The van der Waals surface area contributed by atoms with Crippen molar-refractivity contribution in [1.82, 2.24) is 4.90 Å². The largest absolute Gasteiger partial charge is 0.327 e. The Balaban J connectivity index is 1.87. The van der Waals surface area contributed by atoms with Gasteiger partial charge in [-0.3, -0.25) is 0 Å². The van der Waals surface area contributed by atoms with Crippen molar-refractivity contribution in [2.45, 2.75) is 64.8 Å². The fraction of sp³-hybridized carbons (Fsp3) is 1.00. The van der Waals surface area contributed by atoms with Crippen molar-refractivity contribution < 1.29 is 0 Å². The minimum absolute atomic E-state index is 0.450. The van der Waals surface area contributed by atoms with Crippen LogP contribution in [0, 0.1) is 11.3 Å². The van der Waals surface area contributed by atoms with E-state index in [0.717, 1.165) is 5.92 Å². The molecule has 2 rings (SSSR count). The molecule has 0 amide bonds. The third-order valence-electron chi connectivity index (χ3n) is 4.77. The molecule has 1 saturated carbocycles. The molecule has 1 saturated heterocycles. The van der Waals surface area contributed by atoms with Crippen LogP contribution in [-0.4, -0.2) is 30.6 Å². The number of rotatable bonds is 2. The molecule has 0 bridgehead atoms. The predicted molar refractivity (Wildman–Crippen MR) is 74.0 cm³/mol. The van der Waals surface area contributed by atoms with Crippen LogP contribution in [0.3, 0.4) is 0 Å². The summed E-state index contributed by atoms with van der Waals surface area (Å²) in [4.78, 5) is 2.68. The van der Waals surface area contributed by atoms with E-state index in [-0.39, 0.29) is 0 Å². The maximum Gasteiger partial charge on any atom is 0.00797 e. The Hall–Kier alpha value is -0.0800. The summed E-state index contributed by atoms with van der Waals surface area (Å²) in [6.07, 6.45) is 9.51. The van der Waals surface area contributed by atoms with Gasteiger partial charge in [0, 0.05) is 12.6 Å². The minimum atomic E-state index is 0.450. The van der Waals surface area contributed by atoms with Gasteiger partial charge in [-0.15, -0.1) is 0 Å². The second kappa shape index (κ2) is 5.71. The average Bonchev–Trinajstić information content (AvgIpc) is 2.52. The van der Waals surface area contributed by atoms with E-state index < -0.39 is 0 Å². The molecule has 17 heavy (non-hydrogen) atoms. The molecule has 2 nitrogen and oxygen atoms in total. The molecular formula is C15H30N2. The molecule has 2 N–H and O–H groups in total. The van der Waals surface area contributed by atoms with Crippen LogP contribution in [0.1, 0.15) is 58.8 Å². The van der Waals surface area contributed by atoms with E-state index in [1.807, 2.05) is 0 Å². The van der Waals surface area contributed by atoms with E-state index in [1.54, 1.807) is 0 Å². The van der Waals surface area contributed by atoms with E-state index in [9.17, 15) is 0 Å². The lowest BCUT2D eigenvalue weighted by Gasteiger charge is -2.41. The predicted octanol–water partition coefficient (Wildman–Crippen LogP) is 3.02. The molecule has 2 aliphatic rings. The number of hydrogen-bond acceptors (Lipinski definition) is 2. The zero-order chi connectivity index (χ0) is 12.3. The molecule has 2 fully saturated rings. The Kier molecular flexibility index (Phi) is 4.48. The van der Waals surface area contributed by atoms with Gasteiger partial charge in [-0.25, -0.2) is 0 Å². The molecule has 2 unspecified atom stereocenters. The summed E-state index contributed by atoms with van der Waals surface area (Å²) in [5.41, 5.74) is 6.85. The van der Waals surface area contributed by atoms with Gasteiger partial charge in [0.1, 0.15) is 0 Å². The first-order valence-electron chi connectivity index (χ1n) is 7.55. The summed E-state index contributed by atoms with van der Waals surface area (Å²) >= 11 is 0. The summed E-state index contributed by atoms with van der Waals surface area (Å²) in [6.45, 7) is 8.69. The third-order valence-corrected chi connectivity index (χ3v) is 4.77. The molecule has 2 atom stereocenters. The molecule has 0 aromatic rings. The van der Waals surface area contributed by atoms with Gasteiger partial charge >= 0.3 is 0 Å². The Morgan fingerprint density at radius 2 is 1.76 bits per heavy atom. The van der Waals surface area contributed by atoms with Gasteiger partial charge in [-0.2, -0.15) is 0 Å². The first-order chi connectivity index (χ1) is 8.07. The molecule has 1 aliphatic heterocycles. The smallest absolute Gasteiger partial charge is 0.00797 e. The van der Waals surface area contributed by atoms with Crippen molar-refractivity contribution in [3.05, 3.63) is 0 Å². The van der Waals surface area contributed by atoms with Gasteiger partial charge in [0.15, 0.2) is 0 Å². The van der Waals surface area contributed by atoms with E-state index in [0.29, 0.717) is 11.5 Å². The van der Waals surface area contributed by atoms with Crippen molar-refractivity contribution in [2.24, 2.45) is 17.1 Å². The molecule has 2 heteroatoms. The van der Waals surface area contributed by atoms with Crippen LogP contribution >= 0.6 is 0 Å². The van der Waals surface area contributed by atoms with Crippen molar-refractivity contribution >= 4 is 0 Å². The van der Waals surface area contributed by atoms with E-state index in [2.05, 4.69) is 18.7 Å². The van der Waals surface area contributed by atoms with Gasteiger partial charge in [-0.05, 0) is 56.5 Å². The van der Waals surface area contributed by atoms with Crippen LogP contribution in [0.15, 0.2) is 0 Å². The fourth-order valence-electron chi connectivity index (χ4n) is 3.61. The molecular weight excluding hydrogens is 208 g/mol. The van der Waals surface area contributed by atoms with Crippen LogP contribution in [0.2, 0.25) is 0 Å². The summed E-state index contributed by atoms with van der Waals surface area (Å²) in [7, 11) is 0. The topological polar surface area (TPSA) is 29.3 Å². The van der Waals surface area contributed by atoms with Crippen LogP contribution in [0.5, 0.6) is 0 Å². The zero-order valence-electron chi connectivity index (χ0n) is 11.8. The average molecular weight is 238 g/mol. The number of likely N-dealkylation sites (tertiary alicyclic amines) is 1. The summed E-state index contributed by atoms with van der Waals surface area (Å²) in [5, 5.41) is 0. The molecule has 0 aromatic heterocycles. The maximum atomic E-state index is 6.33. The molecule has 0 spiro atoms. The van der Waals surface area contributed by atoms with Crippen molar-refractivity contribution in [2.75, 3.05) is 19.6 Å². The Labute approximate surface area is 107 Å². The Morgan fingerprint density at radius 3 is 2.41 bits per heavy atom. The Morgan fingerprint density at radius 1 is 1.12 bits per heavy atom. The van der Waals surface area contributed by atoms with E-state index in [4.69, 9.17) is 5.73 Å². The lowest BCUT2D eigenvalue weighted by Crippen LogP contribution is -2.45. The van der Waals surface area contributed by atoms with Crippen LogP contribution in [0.4, 0.5) is 0 Å². The van der Waals surface area contributed by atoms with Gasteiger partial charge < -0.3 is 10.6 Å². The zero-order valence-corrected chi connectivity index (χ0v) is 11.8. The highest BCUT2D eigenvalue weighted by Crippen LogP contribution is 2.38. The molecule has 0 radical (unpaired) electrons. The van der Waals surface area contributed by atoms with Crippen LogP contribution < -0.4 is 5.73 Å². The monoisotopic (exact) mass is 238 g/mol. The number of hydrogen-bond donors (Lipinski definition) is 1. The first-order valence-corrected chi connectivity index (χ1v) is 7.55. The number of nitrogens with zero attached hydrogens (tertiary/aromatic N) is 1. The lowest BCUT2D eigenvalue weighted by molar-refractivity contribution is 0.116. The van der Waals surface area contributed by atoms with Crippen molar-refractivity contribution in [3.63, 3.8) is 0 Å². The van der Waals surface area contributed by atoms with E-state index >= 15 is 0 Å². The lowest BCUT2D eigenvalue weighted by atomic mass is 9.70. The highest BCUT2D eigenvalue weighted by atomic mass is 15.1. The highest BCUT2D eigenvalue weighted by Gasteiger charge is 2.33. The second-order valence-corrected chi connectivity index (χ2v) is 7.05. The summed E-state index contributed by atoms with van der Waals surface area (Å²) < 4.78 is 0. The highest BCUT2D eigenvalue weighted by molar-refractivity contribution is 4.88. The van der Waals surface area contributed by atoms with Gasteiger partial charge in [-0.1, -0.05) is 26.7 Å². The second-order valence-electron chi connectivity index (χ2n) is 7.05. The maximum absolute atomic E-state index is 6.33. The Bertz CT molecular complexity index is 229. The van der Waals surface area contributed by atoms with Gasteiger partial charge in [0.25, 0.3) is 0 Å². The quantitative estimate of drug-likeness (QED) is 0.801. The summed E-state index contributed by atoms with van der Waals surface area (Å²) in [5.74, 6) is 0.733. The van der Waals surface area contributed by atoms with Crippen molar-refractivity contribution in [3.8, 4) is 0 Å². The third kappa shape index (κ3) is 3.96. The van der Waals surface area contributed by atoms with Crippen molar-refractivity contribution in [1.29, 1.82) is 0 Å². The summed E-state index contributed by atoms with van der Waals surface area (Å²) in [6, 6.07) is 0.450. The fourth-order valence-corrected chi connectivity index (χ4v) is 3.61. The van der Waals surface area contributed by atoms with Crippen LogP contribution in [0.25, 0.3) is 0 Å². The molecule has 1 aliphatic carbocycles. The normalized spacial score (nSPS) is 35.5. The molecule has 1 heterocycles. The van der Waals surface area contributed by atoms with Gasteiger partial charge in [0.05, 0.1) is 0 Å². The van der Waals surface area contributed by atoms with Crippen LogP contribution in [-0.2, 0) is 0 Å². The molecule has 100 valence electrons. The number of nitrogens with two attached hydrogens (primary N) is 1. The first kappa shape index (κ1) is 13.4. The standard InChI is InChI=1S/C15H30N2/c1-15(2)8-7-14(16)13(11-15)12-17-9-5-3-4-6-10-17/h13-14H,3-12,16H2,1-2H3. The minimum Gasteiger partial charge on any atom is -0.327 e. The SMILES string of the molecule is CC1(C)CCC(N)C(CN2CCCCCC2)C1. The molecule has 0 aromatic carbocycles. The van der Waals surface area contributed by atoms with E-state index in [1.165, 1.54) is 64.6 Å².